The van der Waals surface area contributed by atoms with Crippen LogP contribution in [0.4, 0.5) is 0 Å². The number of rotatable bonds is 1. The molecule has 3 nitrogen and oxygen atoms in total. The zero-order valence-electron chi connectivity index (χ0n) is 11.4. The summed E-state index contributed by atoms with van der Waals surface area (Å²) in [6.07, 6.45) is -0.623. The largest absolute Gasteiger partial charge is 0.496 e. The van der Waals surface area contributed by atoms with E-state index in [1.165, 1.54) is 0 Å². The average molecular weight is 265 g/mol. The van der Waals surface area contributed by atoms with Gasteiger partial charge in [-0.3, -0.25) is 0 Å². The number of fused-ring (bicyclic) bond motifs is 5. The van der Waals surface area contributed by atoms with Gasteiger partial charge >= 0.3 is 0 Å². The fourth-order valence-electron chi connectivity index (χ4n) is 3.38. The number of hydrogen-bond donors (Lipinski definition) is 1. The average Bonchev–Trinajstić information content (AvgIpc) is 2.95. The van der Waals surface area contributed by atoms with Gasteiger partial charge in [0.1, 0.15) is 11.9 Å². The summed E-state index contributed by atoms with van der Waals surface area (Å²) < 4.78 is 7.56. The first-order valence-corrected chi connectivity index (χ1v) is 6.66. The Bertz CT molecular complexity index is 832. The number of aliphatic hydroxyl groups is 1. The van der Waals surface area contributed by atoms with E-state index in [9.17, 15) is 5.11 Å². The molecule has 1 heterocycles. The maximum atomic E-state index is 10.8. The summed E-state index contributed by atoms with van der Waals surface area (Å²) in [7, 11) is 3.69. The van der Waals surface area contributed by atoms with Gasteiger partial charge in [0.2, 0.25) is 0 Å². The van der Waals surface area contributed by atoms with Gasteiger partial charge < -0.3 is 14.4 Å². The Labute approximate surface area is 117 Å². The standard InChI is InChI=1S/C17H15NO2/c1-18-12-8-4-3-6-10(12)15-16(18)11-7-5-9-13(20-2)14(11)17(15)19/h3-9,17,19H,1-2H3. The quantitative estimate of drug-likeness (QED) is 0.733. The van der Waals surface area contributed by atoms with Crippen LogP contribution in [0.3, 0.4) is 0 Å². The lowest BCUT2D eigenvalue weighted by Crippen LogP contribution is -1.98. The normalized spacial score (nSPS) is 16.2. The van der Waals surface area contributed by atoms with E-state index in [2.05, 4.69) is 16.7 Å². The van der Waals surface area contributed by atoms with Crippen LogP contribution in [0.25, 0.3) is 22.2 Å². The smallest absolute Gasteiger partial charge is 0.125 e. The van der Waals surface area contributed by atoms with Crippen molar-refractivity contribution in [3.05, 3.63) is 53.6 Å². The molecule has 0 bridgehead atoms. The van der Waals surface area contributed by atoms with Crippen molar-refractivity contribution in [2.24, 2.45) is 7.05 Å². The third kappa shape index (κ3) is 1.23. The van der Waals surface area contributed by atoms with Gasteiger partial charge in [0.25, 0.3) is 0 Å². The van der Waals surface area contributed by atoms with Crippen LogP contribution in [0.5, 0.6) is 5.75 Å². The number of aryl methyl sites for hydroxylation is 1. The lowest BCUT2D eigenvalue weighted by Gasteiger charge is -2.12. The van der Waals surface area contributed by atoms with E-state index in [1.54, 1.807) is 7.11 Å². The second-order valence-electron chi connectivity index (χ2n) is 5.16. The molecule has 100 valence electrons. The molecule has 0 saturated heterocycles. The summed E-state index contributed by atoms with van der Waals surface area (Å²) in [4.78, 5) is 0. The molecule has 1 atom stereocenters. The van der Waals surface area contributed by atoms with Crippen molar-refractivity contribution in [1.29, 1.82) is 0 Å². The van der Waals surface area contributed by atoms with Crippen LogP contribution in [0, 0.1) is 0 Å². The van der Waals surface area contributed by atoms with Gasteiger partial charge in [-0.15, -0.1) is 0 Å². The van der Waals surface area contributed by atoms with Crippen molar-refractivity contribution in [3.8, 4) is 17.0 Å². The molecule has 1 aliphatic rings. The maximum Gasteiger partial charge on any atom is 0.125 e. The van der Waals surface area contributed by atoms with Crippen molar-refractivity contribution in [1.82, 2.24) is 4.57 Å². The predicted molar refractivity (Wildman–Crippen MR) is 79.0 cm³/mol. The summed E-state index contributed by atoms with van der Waals surface area (Å²) >= 11 is 0. The van der Waals surface area contributed by atoms with Crippen LogP contribution in [-0.4, -0.2) is 16.8 Å². The Kier molecular flexibility index (Phi) is 2.24. The Hall–Kier alpha value is -2.26. The lowest BCUT2D eigenvalue weighted by molar-refractivity contribution is 0.221. The van der Waals surface area contributed by atoms with Crippen LogP contribution in [-0.2, 0) is 7.05 Å². The molecule has 0 amide bonds. The number of para-hydroxylation sites is 1. The Morgan fingerprint density at radius 1 is 1.05 bits per heavy atom. The molecule has 3 heteroatoms. The first-order valence-electron chi connectivity index (χ1n) is 6.66. The van der Waals surface area contributed by atoms with Gasteiger partial charge in [-0.1, -0.05) is 30.3 Å². The first kappa shape index (κ1) is 11.6. The molecule has 2 aromatic carbocycles. The molecule has 0 radical (unpaired) electrons. The predicted octanol–water partition coefficient (Wildman–Crippen LogP) is 3.25. The molecule has 1 unspecified atom stereocenters. The molecular formula is C17H15NO2. The number of aliphatic hydroxyl groups excluding tert-OH is 1. The highest BCUT2D eigenvalue weighted by Gasteiger charge is 2.34. The number of aromatic nitrogens is 1. The van der Waals surface area contributed by atoms with Crippen LogP contribution in [0.15, 0.2) is 42.5 Å². The number of hydrogen-bond acceptors (Lipinski definition) is 2. The van der Waals surface area contributed by atoms with Crippen LogP contribution in [0.2, 0.25) is 0 Å². The molecule has 0 fully saturated rings. The van der Waals surface area contributed by atoms with Gasteiger partial charge in [0.05, 0.1) is 12.8 Å². The second kappa shape index (κ2) is 3.87. The molecular weight excluding hydrogens is 250 g/mol. The monoisotopic (exact) mass is 265 g/mol. The van der Waals surface area contributed by atoms with E-state index in [-0.39, 0.29) is 0 Å². The highest BCUT2D eigenvalue weighted by molar-refractivity contribution is 5.96. The lowest BCUT2D eigenvalue weighted by atomic mass is 10.0. The SMILES string of the molecule is COc1cccc2c1C(O)c1c-2n(C)c2ccccc12. The van der Waals surface area contributed by atoms with Crippen molar-refractivity contribution in [2.45, 2.75) is 6.10 Å². The molecule has 1 N–H and O–H groups in total. The summed E-state index contributed by atoms with van der Waals surface area (Å²) in [5, 5.41) is 11.9. The third-order valence-electron chi connectivity index (χ3n) is 4.23. The van der Waals surface area contributed by atoms with Gasteiger partial charge in [-0.2, -0.15) is 0 Å². The molecule has 0 aliphatic heterocycles. The van der Waals surface area contributed by atoms with E-state index < -0.39 is 6.10 Å². The van der Waals surface area contributed by atoms with Crippen molar-refractivity contribution in [2.75, 3.05) is 7.11 Å². The highest BCUT2D eigenvalue weighted by Crippen LogP contribution is 2.50. The Morgan fingerprint density at radius 2 is 1.85 bits per heavy atom. The molecule has 0 spiro atoms. The van der Waals surface area contributed by atoms with Crippen LogP contribution < -0.4 is 4.74 Å². The van der Waals surface area contributed by atoms with E-state index in [4.69, 9.17) is 4.74 Å². The van der Waals surface area contributed by atoms with E-state index in [0.29, 0.717) is 0 Å². The third-order valence-corrected chi connectivity index (χ3v) is 4.23. The zero-order chi connectivity index (χ0) is 13.9. The van der Waals surface area contributed by atoms with Crippen molar-refractivity contribution >= 4 is 10.9 Å². The minimum Gasteiger partial charge on any atom is -0.496 e. The number of ether oxygens (including phenoxy) is 1. The van der Waals surface area contributed by atoms with Crippen LogP contribution >= 0.6 is 0 Å². The number of nitrogens with zero attached hydrogens (tertiary/aromatic N) is 1. The Balaban J connectivity index is 2.15. The van der Waals surface area contributed by atoms with Gasteiger partial charge in [0.15, 0.2) is 0 Å². The molecule has 1 aliphatic carbocycles. The second-order valence-corrected chi connectivity index (χ2v) is 5.16. The zero-order valence-corrected chi connectivity index (χ0v) is 11.4. The minimum absolute atomic E-state index is 0.623. The summed E-state index contributed by atoms with van der Waals surface area (Å²) in [5.74, 6) is 0.746. The van der Waals surface area contributed by atoms with Gasteiger partial charge in [0, 0.05) is 34.6 Å². The Morgan fingerprint density at radius 3 is 2.65 bits per heavy atom. The minimum atomic E-state index is -0.623. The van der Waals surface area contributed by atoms with E-state index in [0.717, 1.165) is 39.0 Å². The fourth-order valence-corrected chi connectivity index (χ4v) is 3.38. The summed E-state index contributed by atoms with van der Waals surface area (Å²) in [5.41, 5.74) is 5.16. The molecule has 3 aromatic rings. The summed E-state index contributed by atoms with van der Waals surface area (Å²) in [6.45, 7) is 0. The van der Waals surface area contributed by atoms with E-state index >= 15 is 0 Å². The number of benzene rings is 2. The first-order chi connectivity index (χ1) is 9.74. The van der Waals surface area contributed by atoms with Crippen molar-refractivity contribution in [3.63, 3.8) is 0 Å². The molecule has 4 rings (SSSR count). The number of methoxy groups -OCH3 is 1. The maximum absolute atomic E-state index is 10.8. The molecule has 20 heavy (non-hydrogen) atoms. The fraction of sp³-hybridized carbons (Fsp3) is 0.176. The highest BCUT2D eigenvalue weighted by atomic mass is 16.5. The van der Waals surface area contributed by atoms with E-state index in [1.807, 2.05) is 37.4 Å². The van der Waals surface area contributed by atoms with Crippen molar-refractivity contribution < 1.29 is 9.84 Å². The topological polar surface area (TPSA) is 34.4 Å². The molecule has 0 saturated carbocycles. The molecule has 1 aromatic heterocycles. The van der Waals surface area contributed by atoms with Gasteiger partial charge in [-0.25, -0.2) is 0 Å². The van der Waals surface area contributed by atoms with Gasteiger partial charge in [-0.05, 0) is 12.1 Å². The summed E-state index contributed by atoms with van der Waals surface area (Å²) in [6, 6.07) is 14.1. The van der Waals surface area contributed by atoms with Crippen LogP contribution in [0.1, 0.15) is 17.2 Å².